The lowest BCUT2D eigenvalue weighted by Crippen LogP contribution is -2.28. The molecule has 0 fully saturated rings. The fourth-order valence-electron chi connectivity index (χ4n) is 2.01. The third-order valence-electron chi connectivity index (χ3n) is 2.99. The third-order valence-corrected chi connectivity index (χ3v) is 2.99. The molecular formula is C16H20N2O. The number of hydrogen-bond donors (Lipinski definition) is 2. The standard InChI is InChI=1S/C16H20N2O/c1-2-12-19-15-10-8-14(9-11-15)16(18-17)13-6-4-3-5-7-13/h3-11,16,18H,2,12,17H2,1H3. The van der Waals surface area contributed by atoms with E-state index >= 15 is 0 Å². The van der Waals surface area contributed by atoms with Crippen LogP contribution in [0.5, 0.6) is 5.75 Å². The molecule has 2 aromatic carbocycles. The molecule has 1 atom stereocenters. The van der Waals surface area contributed by atoms with Crippen molar-refractivity contribution in [1.82, 2.24) is 5.43 Å². The Labute approximate surface area is 114 Å². The van der Waals surface area contributed by atoms with Gasteiger partial charge in [-0.2, -0.15) is 0 Å². The fraction of sp³-hybridized carbons (Fsp3) is 0.250. The minimum Gasteiger partial charge on any atom is -0.494 e. The Bertz CT molecular complexity index is 482. The van der Waals surface area contributed by atoms with Gasteiger partial charge in [0.25, 0.3) is 0 Å². The van der Waals surface area contributed by atoms with Gasteiger partial charge in [-0.15, -0.1) is 0 Å². The highest BCUT2D eigenvalue weighted by Crippen LogP contribution is 2.23. The molecule has 0 spiro atoms. The molecule has 2 rings (SSSR count). The number of ether oxygens (including phenoxy) is 1. The molecule has 1 unspecified atom stereocenters. The first-order valence-corrected chi connectivity index (χ1v) is 6.59. The lowest BCUT2D eigenvalue weighted by atomic mass is 9.99. The van der Waals surface area contributed by atoms with Crippen LogP contribution in [0.1, 0.15) is 30.5 Å². The predicted molar refractivity (Wildman–Crippen MR) is 77.8 cm³/mol. The van der Waals surface area contributed by atoms with E-state index in [9.17, 15) is 0 Å². The van der Waals surface area contributed by atoms with E-state index in [1.807, 2.05) is 42.5 Å². The maximum Gasteiger partial charge on any atom is 0.119 e. The van der Waals surface area contributed by atoms with Gasteiger partial charge < -0.3 is 4.74 Å². The molecule has 2 aromatic rings. The highest BCUT2D eigenvalue weighted by molar-refractivity contribution is 5.35. The topological polar surface area (TPSA) is 47.3 Å². The molecule has 0 saturated carbocycles. The number of rotatable bonds is 6. The van der Waals surface area contributed by atoms with E-state index < -0.39 is 0 Å². The van der Waals surface area contributed by atoms with Gasteiger partial charge in [0.1, 0.15) is 5.75 Å². The second-order valence-electron chi connectivity index (χ2n) is 4.43. The van der Waals surface area contributed by atoms with Crippen LogP contribution in [-0.4, -0.2) is 6.61 Å². The minimum absolute atomic E-state index is 0.00132. The quantitative estimate of drug-likeness (QED) is 0.617. The van der Waals surface area contributed by atoms with Gasteiger partial charge in [0.05, 0.1) is 12.6 Å². The lowest BCUT2D eigenvalue weighted by molar-refractivity contribution is 0.317. The van der Waals surface area contributed by atoms with Crippen LogP contribution >= 0.6 is 0 Å². The van der Waals surface area contributed by atoms with Crippen molar-refractivity contribution in [2.24, 2.45) is 5.84 Å². The summed E-state index contributed by atoms with van der Waals surface area (Å²) < 4.78 is 5.58. The van der Waals surface area contributed by atoms with Crippen molar-refractivity contribution in [3.63, 3.8) is 0 Å². The molecular weight excluding hydrogens is 236 g/mol. The van der Waals surface area contributed by atoms with Gasteiger partial charge in [-0.3, -0.25) is 5.84 Å². The second-order valence-corrected chi connectivity index (χ2v) is 4.43. The second kappa shape index (κ2) is 6.92. The van der Waals surface area contributed by atoms with E-state index in [0.29, 0.717) is 0 Å². The van der Waals surface area contributed by atoms with Crippen LogP contribution in [0.2, 0.25) is 0 Å². The molecule has 3 N–H and O–H groups in total. The van der Waals surface area contributed by atoms with Crippen molar-refractivity contribution in [3.05, 3.63) is 65.7 Å². The summed E-state index contributed by atoms with van der Waals surface area (Å²) in [5, 5.41) is 0. The van der Waals surface area contributed by atoms with E-state index in [2.05, 4.69) is 24.5 Å². The third kappa shape index (κ3) is 3.56. The Morgan fingerprint density at radius 3 is 2.21 bits per heavy atom. The van der Waals surface area contributed by atoms with Crippen LogP contribution in [-0.2, 0) is 0 Å². The van der Waals surface area contributed by atoms with Crippen LogP contribution in [0.25, 0.3) is 0 Å². The molecule has 19 heavy (non-hydrogen) atoms. The molecule has 100 valence electrons. The van der Waals surface area contributed by atoms with Crippen molar-refractivity contribution in [2.75, 3.05) is 6.61 Å². The van der Waals surface area contributed by atoms with Gasteiger partial charge in [0.2, 0.25) is 0 Å². The molecule has 0 aliphatic rings. The summed E-state index contributed by atoms with van der Waals surface area (Å²) in [5.41, 5.74) is 5.12. The SMILES string of the molecule is CCCOc1ccc(C(NN)c2ccccc2)cc1. The Morgan fingerprint density at radius 2 is 1.63 bits per heavy atom. The first-order chi connectivity index (χ1) is 9.35. The van der Waals surface area contributed by atoms with Crippen LogP contribution in [0, 0.1) is 0 Å². The molecule has 0 heterocycles. The zero-order valence-electron chi connectivity index (χ0n) is 11.2. The fourth-order valence-corrected chi connectivity index (χ4v) is 2.01. The Balaban J connectivity index is 2.15. The predicted octanol–water partition coefficient (Wildman–Crippen LogP) is 3.03. The molecule has 0 aromatic heterocycles. The zero-order chi connectivity index (χ0) is 13.5. The zero-order valence-corrected chi connectivity index (χ0v) is 11.2. The van der Waals surface area contributed by atoms with E-state index in [-0.39, 0.29) is 6.04 Å². The van der Waals surface area contributed by atoms with Gasteiger partial charge in [0, 0.05) is 0 Å². The van der Waals surface area contributed by atoms with Crippen molar-refractivity contribution in [2.45, 2.75) is 19.4 Å². The van der Waals surface area contributed by atoms with Gasteiger partial charge in [-0.1, -0.05) is 49.4 Å². The average molecular weight is 256 g/mol. The lowest BCUT2D eigenvalue weighted by Gasteiger charge is -2.17. The first-order valence-electron chi connectivity index (χ1n) is 6.59. The molecule has 0 aliphatic carbocycles. The summed E-state index contributed by atoms with van der Waals surface area (Å²) in [6.07, 6.45) is 1.01. The van der Waals surface area contributed by atoms with Crippen molar-refractivity contribution < 1.29 is 4.74 Å². The van der Waals surface area contributed by atoms with E-state index in [0.717, 1.165) is 29.9 Å². The van der Waals surface area contributed by atoms with E-state index in [1.165, 1.54) is 0 Å². The molecule has 0 radical (unpaired) electrons. The maximum absolute atomic E-state index is 5.67. The minimum atomic E-state index is 0.00132. The molecule has 3 heteroatoms. The van der Waals surface area contributed by atoms with E-state index in [1.54, 1.807) is 0 Å². The molecule has 0 bridgehead atoms. The number of nitrogens with one attached hydrogen (secondary N) is 1. The molecule has 0 aliphatic heterocycles. The normalized spacial score (nSPS) is 12.1. The van der Waals surface area contributed by atoms with Crippen LogP contribution in [0.4, 0.5) is 0 Å². The van der Waals surface area contributed by atoms with Crippen LogP contribution < -0.4 is 16.0 Å². The summed E-state index contributed by atoms with van der Waals surface area (Å²) in [6, 6.07) is 18.2. The molecule has 0 saturated heterocycles. The number of benzene rings is 2. The summed E-state index contributed by atoms with van der Waals surface area (Å²) in [7, 11) is 0. The smallest absolute Gasteiger partial charge is 0.119 e. The Morgan fingerprint density at radius 1 is 1.00 bits per heavy atom. The van der Waals surface area contributed by atoms with E-state index in [4.69, 9.17) is 10.6 Å². The van der Waals surface area contributed by atoms with Gasteiger partial charge in [-0.05, 0) is 29.7 Å². The van der Waals surface area contributed by atoms with Crippen molar-refractivity contribution in [3.8, 4) is 5.75 Å². The summed E-state index contributed by atoms with van der Waals surface area (Å²) in [6.45, 7) is 2.84. The number of hydrazine groups is 1. The number of hydrogen-bond acceptors (Lipinski definition) is 3. The van der Waals surface area contributed by atoms with Gasteiger partial charge in [0.15, 0.2) is 0 Å². The van der Waals surface area contributed by atoms with Crippen molar-refractivity contribution >= 4 is 0 Å². The highest BCUT2D eigenvalue weighted by atomic mass is 16.5. The monoisotopic (exact) mass is 256 g/mol. The molecule has 3 nitrogen and oxygen atoms in total. The average Bonchev–Trinajstić information content (AvgIpc) is 2.48. The van der Waals surface area contributed by atoms with Crippen LogP contribution in [0.3, 0.4) is 0 Å². The van der Waals surface area contributed by atoms with Gasteiger partial charge in [-0.25, -0.2) is 5.43 Å². The first kappa shape index (κ1) is 13.6. The maximum atomic E-state index is 5.67. The van der Waals surface area contributed by atoms with Crippen LogP contribution in [0.15, 0.2) is 54.6 Å². The number of nitrogens with two attached hydrogens (primary N) is 1. The van der Waals surface area contributed by atoms with Crippen molar-refractivity contribution in [1.29, 1.82) is 0 Å². The molecule has 0 amide bonds. The Hall–Kier alpha value is -1.84. The largest absolute Gasteiger partial charge is 0.494 e. The van der Waals surface area contributed by atoms with Gasteiger partial charge >= 0.3 is 0 Å². The Kier molecular flexibility index (Phi) is 4.95. The summed E-state index contributed by atoms with van der Waals surface area (Å²) >= 11 is 0. The summed E-state index contributed by atoms with van der Waals surface area (Å²) in [4.78, 5) is 0. The highest BCUT2D eigenvalue weighted by Gasteiger charge is 2.11. The summed E-state index contributed by atoms with van der Waals surface area (Å²) in [5.74, 6) is 6.57.